The number of nitrogens with one attached hydrogen (secondary N) is 1. The quantitative estimate of drug-likeness (QED) is 0.797. The summed E-state index contributed by atoms with van der Waals surface area (Å²) in [6, 6.07) is 16.2. The molecule has 0 spiro atoms. The lowest BCUT2D eigenvalue weighted by Crippen LogP contribution is -2.44. The van der Waals surface area contributed by atoms with Crippen molar-refractivity contribution >= 4 is 29.6 Å². The molecule has 2 aromatic carbocycles. The van der Waals surface area contributed by atoms with Crippen LogP contribution in [0.5, 0.6) is 0 Å². The van der Waals surface area contributed by atoms with Crippen LogP contribution >= 0.6 is 11.8 Å². The smallest absolute Gasteiger partial charge is 0.0544 e. The van der Waals surface area contributed by atoms with E-state index in [0.29, 0.717) is 12.0 Å². The molecule has 5 rings (SSSR count). The van der Waals surface area contributed by atoms with Gasteiger partial charge in [-0.25, -0.2) is 0 Å². The van der Waals surface area contributed by atoms with Crippen LogP contribution in [0.4, 0.5) is 5.69 Å². The van der Waals surface area contributed by atoms with Gasteiger partial charge in [0.15, 0.2) is 0 Å². The van der Waals surface area contributed by atoms with E-state index in [4.69, 9.17) is 0 Å². The van der Waals surface area contributed by atoms with Crippen LogP contribution in [0.2, 0.25) is 0 Å². The molecule has 3 aliphatic rings. The van der Waals surface area contributed by atoms with Crippen molar-refractivity contribution in [3.8, 4) is 0 Å². The fraction of sp³-hybridized carbons (Fsp3) is 0.364. The second-order valence-corrected chi connectivity index (χ2v) is 8.40. The Hall–Kier alpha value is -1.71. The molecule has 1 fully saturated rings. The summed E-state index contributed by atoms with van der Waals surface area (Å²) in [7, 11) is 0. The van der Waals surface area contributed by atoms with E-state index < -0.39 is 0 Å². The van der Waals surface area contributed by atoms with Gasteiger partial charge in [0.05, 0.1) is 5.69 Å². The molecule has 2 nitrogen and oxygen atoms in total. The van der Waals surface area contributed by atoms with Gasteiger partial charge in [0.25, 0.3) is 0 Å². The summed E-state index contributed by atoms with van der Waals surface area (Å²) in [6.45, 7) is 3.52. The standard InChI is InChI=1S/C22H24N2S/c1-2-5-16(6-3-1)7-8-17-13-18-19-15-23-10-9-20(19)24-11-4-12-25-21(14-17)22(18)24/h1-3,5-8,13-14,19-20,23H,4,9-12,15H2/t19-,20-/m0/s1. The summed E-state index contributed by atoms with van der Waals surface area (Å²) in [5.41, 5.74) is 5.74. The van der Waals surface area contributed by atoms with E-state index in [1.165, 1.54) is 41.2 Å². The summed E-state index contributed by atoms with van der Waals surface area (Å²) in [6.07, 6.45) is 7.09. The van der Waals surface area contributed by atoms with Crippen LogP contribution in [-0.4, -0.2) is 31.4 Å². The van der Waals surface area contributed by atoms with Crippen molar-refractivity contribution in [3.05, 3.63) is 59.2 Å². The summed E-state index contributed by atoms with van der Waals surface area (Å²) >= 11 is 2.05. The first kappa shape index (κ1) is 15.5. The van der Waals surface area contributed by atoms with Crippen LogP contribution in [0.1, 0.15) is 35.4 Å². The third-order valence-corrected chi connectivity index (χ3v) is 6.84. The number of hydrogen-bond acceptors (Lipinski definition) is 3. The van der Waals surface area contributed by atoms with Gasteiger partial charge in [0.2, 0.25) is 0 Å². The van der Waals surface area contributed by atoms with E-state index in [0.717, 1.165) is 13.1 Å². The Morgan fingerprint density at radius 1 is 1.08 bits per heavy atom. The first-order valence-electron chi connectivity index (χ1n) is 9.41. The molecule has 0 unspecified atom stereocenters. The van der Waals surface area contributed by atoms with Crippen molar-refractivity contribution < 1.29 is 0 Å². The number of rotatable bonds is 2. The number of piperidine rings is 1. The van der Waals surface area contributed by atoms with Crippen LogP contribution in [0.15, 0.2) is 47.4 Å². The highest BCUT2D eigenvalue weighted by atomic mass is 32.2. The zero-order chi connectivity index (χ0) is 16.6. The average Bonchev–Trinajstić information content (AvgIpc) is 2.83. The Kier molecular flexibility index (Phi) is 4.07. The molecule has 0 saturated carbocycles. The molecule has 2 aromatic rings. The van der Waals surface area contributed by atoms with Crippen molar-refractivity contribution in [1.29, 1.82) is 0 Å². The molecule has 1 saturated heterocycles. The van der Waals surface area contributed by atoms with E-state index >= 15 is 0 Å². The highest BCUT2D eigenvalue weighted by molar-refractivity contribution is 7.99. The largest absolute Gasteiger partial charge is 0.367 e. The average molecular weight is 349 g/mol. The Balaban J connectivity index is 1.56. The number of fused-ring (bicyclic) bond motifs is 3. The number of thioether (sulfide) groups is 1. The molecular formula is C22H24N2S. The van der Waals surface area contributed by atoms with Crippen molar-refractivity contribution in [1.82, 2.24) is 5.32 Å². The van der Waals surface area contributed by atoms with Crippen molar-refractivity contribution in [3.63, 3.8) is 0 Å². The maximum atomic E-state index is 3.62. The van der Waals surface area contributed by atoms with Crippen LogP contribution in [0.25, 0.3) is 12.2 Å². The fourth-order valence-electron chi connectivity index (χ4n) is 4.60. The minimum absolute atomic E-state index is 0.659. The van der Waals surface area contributed by atoms with Crippen LogP contribution in [0, 0.1) is 0 Å². The first-order chi connectivity index (χ1) is 12.4. The predicted octanol–water partition coefficient (Wildman–Crippen LogP) is 4.62. The Morgan fingerprint density at radius 3 is 2.88 bits per heavy atom. The second-order valence-electron chi connectivity index (χ2n) is 7.26. The molecule has 0 aliphatic carbocycles. The van der Waals surface area contributed by atoms with Crippen molar-refractivity contribution in [2.45, 2.75) is 29.7 Å². The second kappa shape index (κ2) is 6.54. The topological polar surface area (TPSA) is 15.3 Å². The first-order valence-corrected chi connectivity index (χ1v) is 10.4. The van der Waals surface area contributed by atoms with E-state index in [9.17, 15) is 0 Å². The van der Waals surface area contributed by atoms with Crippen LogP contribution in [-0.2, 0) is 0 Å². The molecule has 128 valence electrons. The predicted molar refractivity (Wildman–Crippen MR) is 109 cm³/mol. The maximum Gasteiger partial charge on any atom is 0.0544 e. The molecule has 0 bridgehead atoms. The highest BCUT2D eigenvalue weighted by Gasteiger charge is 2.41. The molecular weight excluding hydrogens is 324 g/mol. The Bertz CT molecular complexity index is 799. The minimum Gasteiger partial charge on any atom is -0.367 e. The van der Waals surface area contributed by atoms with Gasteiger partial charge >= 0.3 is 0 Å². The molecule has 0 amide bonds. The van der Waals surface area contributed by atoms with Gasteiger partial charge in [-0.1, -0.05) is 42.5 Å². The third-order valence-electron chi connectivity index (χ3n) is 5.73. The number of benzene rings is 2. The van der Waals surface area contributed by atoms with Crippen LogP contribution < -0.4 is 10.2 Å². The normalized spacial score (nSPS) is 24.9. The molecule has 3 aliphatic heterocycles. The van der Waals surface area contributed by atoms with Gasteiger partial charge < -0.3 is 10.2 Å². The van der Waals surface area contributed by atoms with Gasteiger partial charge in [-0.3, -0.25) is 0 Å². The summed E-state index contributed by atoms with van der Waals surface area (Å²) in [5, 5.41) is 3.62. The van der Waals surface area contributed by atoms with E-state index in [1.54, 1.807) is 11.3 Å². The monoisotopic (exact) mass is 348 g/mol. The maximum absolute atomic E-state index is 3.62. The lowest BCUT2D eigenvalue weighted by molar-refractivity contribution is 0.403. The third kappa shape index (κ3) is 2.80. The highest BCUT2D eigenvalue weighted by Crippen LogP contribution is 2.50. The fourth-order valence-corrected chi connectivity index (χ4v) is 5.68. The van der Waals surface area contributed by atoms with Crippen LogP contribution in [0.3, 0.4) is 0 Å². The number of nitrogens with zero attached hydrogens (tertiary/aromatic N) is 1. The summed E-state index contributed by atoms with van der Waals surface area (Å²) < 4.78 is 0. The molecule has 0 radical (unpaired) electrons. The van der Waals surface area contributed by atoms with Gasteiger partial charge in [0, 0.05) is 29.9 Å². The zero-order valence-electron chi connectivity index (χ0n) is 14.4. The molecule has 3 heterocycles. The van der Waals surface area contributed by atoms with Crippen molar-refractivity contribution in [2.75, 3.05) is 30.3 Å². The van der Waals surface area contributed by atoms with Gasteiger partial charge in [-0.15, -0.1) is 11.8 Å². The lowest BCUT2D eigenvalue weighted by Gasteiger charge is -2.33. The SMILES string of the molecule is C(=Cc1cc2c3c(c1)[C@@H]1CNCC[C@@H]1N3CCCS2)c1ccccc1. The molecule has 2 atom stereocenters. The molecule has 0 aromatic heterocycles. The van der Waals surface area contributed by atoms with E-state index in [1.807, 2.05) is 0 Å². The Morgan fingerprint density at radius 2 is 1.96 bits per heavy atom. The molecule has 1 N–H and O–H groups in total. The summed E-state index contributed by atoms with van der Waals surface area (Å²) in [5.74, 6) is 1.90. The number of hydrogen-bond donors (Lipinski definition) is 1. The van der Waals surface area contributed by atoms with Crippen molar-refractivity contribution in [2.24, 2.45) is 0 Å². The molecule has 3 heteroatoms. The van der Waals surface area contributed by atoms with E-state index in [2.05, 4.69) is 76.6 Å². The zero-order valence-corrected chi connectivity index (χ0v) is 15.3. The Labute approximate surface area is 154 Å². The molecule has 25 heavy (non-hydrogen) atoms. The van der Waals surface area contributed by atoms with Gasteiger partial charge in [-0.05, 0) is 54.0 Å². The summed E-state index contributed by atoms with van der Waals surface area (Å²) in [4.78, 5) is 4.23. The lowest BCUT2D eigenvalue weighted by atomic mass is 9.89. The number of anilines is 1. The van der Waals surface area contributed by atoms with Gasteiger partial charge in [-0.2, -0.15) is 0 Å². The van der Waals surface area contributed by atoms with Gasteiger partial charge in [0.1, 0.15) is 0 Å². The van der Waals surface area contributed by atoms with E-state index in [-0.39, 0.29) is 0 Å². The minimum atomic E-state index is 0.659.